The largest absolute Gasteiger partial charge is 0.497 e. The van der Waals surface area contributed by atoms with Gasteiger partial charge in [-0.1, -0.05) is 35.5 Å². The van der Waals surface area contributed by atoms with Gasteiger partial charge in [0, 0.05) is 12.8 Å². The smallest absolute Gasteiger partial charge is 0.202 e. The average molecular weight is 373 g/mol. The zero-order valence-corrected chi connectivity index (χ0v) is 15.0. The summed E-state index contributed by atoms with van der Waals surface area (Å²) in [6, 6.07) is 15.3. The van der Waals surface area contributed by atoms with Crippen molar-refractivity contribution in [2.75, 3.05) is 13.7 Å². The number of ether oxygens (including phenoxy) is 3. The lowest BCUT2D eigenvalue weighted by molar-refractivity contribution is -0.218. The Kier molecular flexibility index (Phi) is 6.39. The van der Waals surface area contributed by atoms with Gasteiger partial charge < -0.3 is 24.4 Å². The molecule has 0 bridgehead atoms. The van der Waals surface area contributed by atoms with E-state index in [1.54, 1.807) is 7.11 Å². The molecule has 7 heteroatoms. The highest BCUT2D eigenvalue weighted by Gasteiger charge is 2.38. The van der Waals surface area contributed by atoms with Crippen LogP contribution in [0.4, 0.5) is 0 Å². The second-order valence-corrected chi connectivity index (χ2v) is 6.46. The molecule has 1 fully saturated rings. The van der Waals surface area contributed by atoms with E-state index in [2.05, 4.69) is 5.18 Å². The molecule has 1 aliphatic heterocycles. The molecule has 7 nitrogen and oxygen atoms in total. The molecule has 3 unspecified atom stereocenters. The Bertz CT molecular complexity index is 750. The highest BCUT2D eigenvalue weighted by atomic mass is 16.7. The van der Waals surface area contributed by atoms with Gasteiger partial charge in [0.1, 0.15) is 30.3 Å². The van der Waals surface area contributed by atoms with Crippen LogP contribution in [-0.2, 0) is 11.2 Å². The molecule has 0 spiro atoms. The molecular weight excluding hydrogens is 350 g/mol. The number of aliphatic hydroxyl groups is 2. The first-order valence-electron chi connectivity index (χ1n) is 8.79. The lowest BCUT2D eigenvalue weighted by Crippen LogP contribution is -2.51. The monoisotopic (exact) mass is 373 g/mol. The summed E-state index contributed by atoms with van der Waals surface area (Å²) in [6.45, 7) is -0.244. The number of rotatable bonds is 7. The van der Waals surface area contributed by atoms with Crippen LogP contribution in [0.1, 0.15) is 17.5 Å². The molecule has 1 aliphatic rings. The summed E-state index contributed by atoms with van der Waals surface area (Å²) >= 11 is 0. The van der Waals surface area contributed by atoms with Crippen molar-refractivity contribution in [3.63, 3.8) is 0 Å². The van der Waals surface area contributed by atoms with Gasteiger partial charge in [-0.05, 0) is 29.3 Å². The van der Waals surface area contributed by atoms with E-state index in [0.29, 0.717) is 12.2 Å². The summed E-state index contributed by atoms with van der Waals surface area (Å²) in [7, 11) is 1.63. The molecule has 27 heavy (non-hydrogen) atoms. The first kappa shape index (κ1) is 19.3. The van der Waals surface area contributed by atoms with Gasteiger partial charge in [0.2, 0.25) is 6.29 Å². The Morgan fingerprint density at radius 1 is 1.15 bits per heavy atom. The van der Waals surface area contributed by atoms with Gasteiger partial charge in [-0.25, -0.2) is 0 Å². The van der Waals surface area contributed by atoms with E-state index in [0.717, 1.165) is 16.9 Å². The Balaban J connectivity index is 1.72. The lowest BCUT2D eigenvalue weighted by Gasteiger charge is -2.36. The molecule has 0 saturated carbocycles. The third kappa shape index (κ3) is 4.82. The summed E-state index contributed by atoms with van der Waals surface area (Å²) in [5.41, 5.74) is 2.05. The van der Waals surface area contributed by atoms with Gasteiger partial charge in [0.25, 0.3) is 0 Å². The Hall–Kier alpha value is -2.48. The van der Waals surface area contributed by atoms with Crippen LogP contribution in [0.25, 0.3) is 0 Å². The molecule has 144 valence electrons. The van der Waals surface area contributed by atoms with Gasteiger partial charge >= 0.3 is 0 Å². The maximum Gasteiger partial charge on any atom is 0.202 e. The fourth-order valence-electron chi connectivity index (χ4n) is 3.09. The van der Waals surface area contributed by atoms with E-state index >= 15 is 0 Å². The molecule has 2 aromatic carbocycles. The van der Waals surface area contributed by atoms with Crippen molar-refractivity contribution in [1.82, 2.24) is 0 Å². The van der Waals surface area contributed by atoms with Gasteiger partial charge in [-0.2, -0.15) is 4.91 Å². The Morgan fingerprint density at radius 2 is 1.89 bits per heavy atom. The van der Waals surface area contributed by atoms with Crippen molar-refractivity contribution >= 4 is 0 Å². The van der Waals surface area contributed by atoms with Crippen molar-refractivity contribution < 1.29 is 24.4 Å². The van der Waals surface area contributed by atoms with Crippen LogP contribution >= 0.6 is 0 Å². The van der Waals surface area contributed by atoms with Crippen molar-refractivity contribution in [2.45, 2.75) is 37.4 Å². The lowest BCUT2D eigenvalue weighted by atomic mass is 10.0. The van der Waals surface area contributed by atoms with E-state index in [9.17, 15) is 15.1 Å². The van der Waals surface area contributed by atoms with Gasteiger partial charge in [-0.15, -0.1) is 0 Å². The number of hydrogen-bond acceptors (Lipinski definition) is 7. The minimum Gasteiger partial charge on any atom is -0.497 e. The van der Waals surface area contributed by atoms with E-state index in [-0.39, 0.29) is 13.0 Å². The second kappa shape index (κ2) is 8.94. The fraction of sp³-hybridized carbons (Fsp3) is 0.400. The van der Waals surface area contributed by atoms with Crippen molar-refractivity contribution in [1.29, 1.82) is 0 Å². The van der Waals surface area contributed by atoms with E-state index in [4.69, 9.17) is 14.2 Å². The number of methoxy groups -OCH3 is 1. The first-order chi connectivity index (χ1) is 13.1. The highest BCUT2D eigenvalue weighted by Crippen LogP contribution is 2.28. The standard InChI is InChI=1S/C20H23NO6/c1-25-15-8-6-13(7-9-15)10-14-4-2-3-5-17(14)26-19-11-16(22)20(23)18(27-19)12-21-24/h2-9,16,18-20,22-23H,10-12H2,1H3/t16?,18?,19?,20-/m0/s1. The molecule has 0 amide bonds. The van der Waals surface area contributed by atoms with Gasteiger partial charge in [0.05, 0.1) is 13.2 Å². The molecule has 0 radical (unpaired) electrons. The van der Waals surface area contributed by atoms with Crippen molar-refractivity contribution in [3.8, 4) is 11.5 Å². The summed E-state index contributed by atoms with van der Waals surface area (Å²) in [5, 5.41) is 22.7. The minimum atomic E-state index is -1.16. The van der Waals surface area contributed by atoms with Gasteiger partial charge in [-0.3, -0.25) is 0 Å². The topological polar surface area (TPSA) is 97.6 Å². The van der Waals surface area contributed by atoms with Crippen LogP contribution in [0.2, 0.25) is 0 Å². The van der Waals surface area contributed by atoms with Crippen LogP contribution in [0.3, 0.4) is 0 Å². The molecule has 2 aromatic rings. The minimum absolute atomic E-state index is 0.105. The maximum atomic E-state index is 10.5. The number of aliphatic hydroxyl groups excluding tert-OH is 2. The molecule has 1 saturated heterocycles. The van der Waals surface area contributed by atoms with Crippen LogP contribution < -0.4 is 9.47 Å². The zero-order valence-electron chi connectivity index (χ0n) is 15.0. The Morgan fingerprint density at radius 3 is 2.59 bits per heavy atom. The summed E-state index contributed by atoms with van der Waals surface area (Å²) < 4.78 is 16.7. The number of para-hydroxylation sites is 1. The molecule has 0 aliphatic carbocycles. The third-order valence-corrected chi connectivity index (χ3v) is 4.57. The Labute approximate surface area is 157 Å². The summed E-state index contributed by atoms with van der Waals surface area (Å²) in [5.74, 6) is 1.42. The van der Waals surface area contributed by atoms with E-state index < -0.39 is 24.6 Å². The quantitative estimate of drug-likeness (QED) is 0.723. The van der Waals surface area contributed by atoms with Crippen molar-refractivity contribution in [3.05, 3.63) is 64.6 Å². The van der Waals surface area contributed by atoms with Crippen LogP contribution in [0, 0.1) is 4.91 Å². The van der Waals surface area contributed by atoms with E-state index in [1.807, 2.05) is 48.5 Å². The normalized spacial score (nSPS) is 25.0. The van der Waals surface area contributed by atoms with Crippen LogP contribution in [-0.4, -0.2) is 48.5 Å². The number of nitroso groups, excluding NO2 is 1. The van der Waals surface area contributed by atoms with Gasteiger partial charge in [0.15, 0.2) is 0 Å². The number of hydrogen-bond donors (Lipinski definition) is 2. The predicted octanol–water partition coefficient (Wildman–Crippen LogP) is 2.27. The molecule has 2 N–H and O–H groups in total. The number of benzene rings is 2. The molecule has 3 rings (SSSR count). The molecule has 4 atom stereocenters. The predicted molar refractivity (Wildman–Crippen MR) is 98.8 cm³/mol. The average Bonchev–Trinajstić information content (AvgIpc) is 2.68. The molecule has 0 aromatic heterocycles. The molecule has 1 heterocycles. The molecular formula is C20H23NO6. The van der Waals surface area contributed by atoms with Crippen LogP contribution in [0.15, 0.2) is 53.7 Å². The SMILES string of the molecule is COc1ccc(Cc2ccccc2OC2CC(O)[C@H](O)C(CN=O)O2)cc1. The maximum absolute atomic E-state index is 10.5. The third-order valence-electron chi connectivity index (χ3n) is 4.57. The summed E-state index contributed by atoms with van der Waals surface area (Å²) in [4.78, 5) is 10.5. The van der Waals surface area contributed by atoms with E-state index in [1.165, 1.54) is 0 Å². The van der Waals surface area contributed by atoms with Crippen LogP contribution in [0.5, 0.6) is 11.5 Å². The number of nitrogens with zero attached hydrogens (tertiary/aromatic N) is 1. The fourth-order valence-corrected chi connectivity index (χ4v) is 3.09. The second-order valence-electron chi connectivity index (χ2n) is 6.46. The summed E-state index contributed by atoms with van der Waals surface area (Å²) in [6.07, 6.45) is -3.09. The first-order valence-corrected chi connectivity index (χ1v) is 8.79. The highest BCUT2D eigenvalue weighted by molar-refractivity contribution is 5.39. The van der Waals surface area contributed by atoms with Crippen molar-refractivity contribution in [2.24, 2.45) is 5.18 Å². The zero-order chi connectivity index (χ0) is 19.2.